The van der Waals surface area contributed by atoms with Crippen molar-refractivity contribution in [3.8, 4) is 11.3 Å². The van der Waals surface area contributed by atoms with Gasteiger partial charge >= 0.3 is 6.09 Å². The number of benzene rings is 1. The van der Waals surface area contributed by atoms with Gasteiger partial charge in [0.15, 0.2) is 0 Å². The molecule has 31 heavy (non-hydrogen) atoms. The van der Waals surface area contributed by atoms with Crippen LogP contribution in [0.5, 0.6) is 0 Å². The van der Waals surface area contributed by atoms with Crippen LogP contribution in [0.3, 0.4) is 0 Å². The molecule has 1 aromatic carbocycles. The Kier molecular flexibility index (Phi) is 6.87. The van der Waals surface area contributed by atoms with Crippen molar-refractivity contribution in [2.24, 2.45) is 0 Å². The Balaban J connectivity index is 1.70. The summed E-state index contributed by atoms with van der Waals surface area (Å²) in [5, 5.41) is 22.6. The number of aliphatic hydroxyl groups excluding tert-OH is 2. The molecule has 0 bridgehead atoms. The lowest BCUT2D eigenvalue weighted by Crippen LogP contribution is -2.48. The van der Waals surface area contributed by atoms with Crippen molar-refractivity contribution in [2.45, 2.75) is 51.0 Å². The maximum Gasteiger partial charge on any atom is 0.411 e. The van der Waals surface area contributed by atoms with Gasteiger partial charge in [0.2, 0.25) is 5.91 Å². The number of hydrogen-bond acceptors (Lipinski definition) is 7. The van der Waals surface area contributed by atoms with E-state index in [0.717, 1.165) is 5.56 Å². The van der Waals surface area contributed by atoms with Crippen LogP contribution in [0, 0.1) is 0 Å². The number of β-amino-alcohol motifs (C(OH)–C–C–N with tert-alkyl or cyclic N) is 1. The van der Waals surface area contributed by atoms with Crippen LogP contribution in [-0.4, -0.2) is 68.0 Å². The molecule has 0 unspecified atom stereocenters. The number of carbonyl (C=O) groups is 2. The van der Waals surface area contributed by atoms with Crippen molar-refractivity contribution >= 4 is 12.0 Å². The number of rotatable bonds is 5. The fourth-order valence-corrected chi connectivity index (χ4v) is 3.42. The maximum absolute atomic E-state index is 12.9. The van der Waals surface area contributed by atoms with Crippen LogP contribution in [0.1, 0.15) is 38.8 Å². The Morgan fingerprint density at radius 1 is 1.26 bits per heavy atom. The van der Waals surface area contributed by atoms with E-state index in [2.05, 4.69) is 15.3 Å². The SMILES string of the molecule is CC(C)(C)OC(=O)N1C[C@H](O)C[C@H]1C(=O)N[C@@H](CO)c1ccc(-c2cnccn2)cc1. The predicted molar refractivity (Wildman–Crippen MR) is 113 cm³/mol. The molecule has 0 spiro atoms. The normalized spacial score (nSPS) is 19.7. The highest BCUT2D eigenvalue weighted by Gasteiger charge is 2.41. The first kappa shape index (κ1) is 22.6. The number of ether oxygens (including phenoxy) is 1. The summed E-state index contributed by atoms with van der Waals surface area (Å²) in [4.78, 5) is 34.9. The molecule has 1 aliphatic heterocycles. The topological polar surface area (TPSA) is 125 Å². The van der Waals surface area contributed by atoms with Crippen molar-refractivity contribution < 1.29 is 24.5 Å². The summed E-state index contributed by atoms with van der Waals surface area (Å²) >= 11 is 0. The van der Waals surface area contributed by atoms with Gasteiger partial charge in [-0.2, -0.15) is 0 Å². The zero-order valence-electron chi connectivity index (χ0n) is 17.9. The van der Waals surface area contributed by atoms with E-state index in [1.165, 1.54) is 4.90 Å². The maximum atomic E-state index is 12.9. The molecule has 9 nitrogen and oxygen atoms in total. The average Bonchev–Trinajstić information content (AvgIpc) is 3.13. The third-order valence-electron chi connectivity index (χ3n) is 4.88. The third-order valence-corrected chi connectivity index (χ3v) is 4.88. The number of hydrogen-bond donors (Lipinski definition) is 3. The Labute approximate surface area is 181 Å². The number of aliphatic hydroxyl groups is 2. The van der Waals surface area contributed by atoms with Crippen LogP contribution in [0.2, 0.25) is 0 Å². The van der Waals surface area contributed by atoms with E-state index in [4.69, 9.17) is 4.74 Å². The molecule has 1 aliphatic rings. The molecule has 0 radical (unpaired) electrons. The zero-order chi connectivity index (χ0) is 22.6. The number of amides is 2. The highest BCUT2D eigenvalue weighted by Crippen LogP contribution is 2.24. The number of likely N-dealkylation sites (tertiary alicyclic amines) is 1. The van der Waals surface area contributed by atoms with Crippen molar-refractivity contribution in [3.63, 3.8) is 0 Å². The minimum atomic E-state index is -0.877. The van der Waals surface area contributed by atoms with E-state index in [1.807, 2.05) is 12.1 Å². The second-order valence-electron chi connectivity index (χ2n) is 8.49. The standard InChI is InChI=1S/C22H28N4O5/c1-22(2,3)31-21(30)26-12-16(28)10-19(26)20(29)25-18(13-27)15-6-4-14(5-7-15)17-11-23-8-9-24-17/h4-9,11,16,18-19,27-28H,10,12-13H2,1-3H3,(H,25,29)/t16-,18+,19+/m1/s1. The molecular formula is C22H28N4O5. The third kappa shape index (κ3) is 5.77. The molecule has 1 fully saturated rings. The van der Waals surface area contributed by atoms with E-state index in [1.54, 1.807) is 51.5 Å². The Bertz CT molecular complexity index is 898. The Morgan fingerprint density at radius 2 is 1.97 bits per heavy atom. The van der Waals surface area contributed by atoms with Crippen LogP contribution in [0.25, 0.3) is 11.3 Å². The first-order chi connectivity index (χ1) is 14.7. The fraction of sp³-hybridized carbons (Fsp3) is 0.455. The van der Waals surface area contributed by atoms with E-state index < -0.39 is 35.8 Å². The zero-order valence-corrected chi connectivity index (χ0v) is 17.9. The van der Waals surface area contributed by atoms with Gasteiger partial charge in [-0.3, -0.25) is 19.7 Å². The number of carbonyl (C=O) groups excluding carboxylic acids is 2. The first-order valence-electron chi connectivity index (χ1n) is 10.1. The van der Waals surface area contributed by atoms with E-state index in [-0.39, 0.29) is 19.6 Å². The van der Waals surface area contributed by atoms with Gasteiger partial charge in [-0.15, -0.1) is 0 Å². The number of aromatic nitrogens is 2. The lowest BCUT2D eigenvalue weighted by molar-refractivity contribution is -0.126. The minimum Gasteiger partial charge on any atom is -0.444 e. The molecule has 0 saturated carbocycles. The molecule has 9 heteroatoms. The van der Waals surface area contributed by atoms with Crippen LogP contribution < -0.4 is 5.32 Å². The molecule has 1 saturated heterocycles. The molecular weight excluding hydrogens is 400 g/mol. The van der Waals surface area contributed by atoms with Crippen LogP contribution in [0.15, 0.2) is 42.9 Å². The van der Waals surface area contributed by atoms with E-state index in [0.29, 0.717) is 11.3 Å². The van der Waals surface area contributed by atoms with Crippen molar-refractivity contribution in [2.75, 3.05) is 13.2 Å². The van der Waals surface area contributed by atoms with Crippen LogP contribution in [0.4, 0.5) is 4.79 Å². The molecule has 0 aliphatic carbocycles. The smallest absolute Gasteiger partial charge is 0.411 e. The second kappa shape index (κ2) is 9.40. The second-order valence-corrected chi connectivity index (χ2v) is 8.49. The van der Waals surface area contributed by atoms with Gasteiger partial charge in [-0.1, -0.05) is 24.3 Å². The molecule has 3 rings (SSSR count). The fourth-order valence-electron chi connectivity index (χ4n) is 3.42. The minimum absolute atomic E-state index is 0.0175. The lowest BCUT2D eigenvalue weighted by atomic mass is 10.0. The summed E-state index contributed by atoms with van der Waals surface area (Å²) in [5.41, 5.74) is 1.55. The highest BCUT2D eigenvalue weighted by atomic mass is 16.6. The average molecular weight is 428 g/mol. The van der Waals surface area contributed by atoms with Gasteiger partial charge in [0.1, 0.15) is 11.6 Å². The summed E-state index contributed by atoms with van der Waals surface area (Å²) < 4.78 is 5.36. The molecule has 166 valence electrons. The summed E-state index contributed by atoms with van der Waals surface area (Å²) in [6.07, 6.45) is 3.48. The molecule has 2 aromatic rings. The predicted octanol–water partition coefficient (Wildman–Crippen LogP) is 1.66. The molecule has 3 N–H and O–H groups in total. The van der Waals surface area contributed by atoms with Gasteiger partial charge in [0, 0.05) is 24.4 Å². The summed E-state index contributed by atoms with van der Waals surface area (Å²) in [6.45, 7) is 4.90. The molecule has 1 aromatic heterocycles. The highest BCUT2D eigenvalue weighted by molar-refractivity contribution is 5.86. The summed E-state index contributed by atoms with van der Waals surface area (Å²) in [6, 6.07) is 5.71. The Hall–Kier alpha value is -3.04. The quantitative estimate of drug-likeness (QED) is 0.661. The van der Waals surface area contributed by atoms with Gasteiger partial charge in [0.25, 0.3) is 0 Å². The van der Waals surface area contributed by atoms with Gasteiger partial charge in [0.05, 0.1) is 37.2 Å². The molecule has 2 heterocycles. The van der Waals surface area contributed by atoms with Crippen molar-refractivity contribution in [3.05, 3.63) is 48.4 Å². The molecule has 2 amide bonds. The first-order valence-corrected chi connectivity index (χ1v) is 10.1. The number of nitrogens with one attached hydrogen (secondary N) is 1. The number of nitrogens with zero attached hydrogens (tertiary/aromatic N) is 3. The van der Waals surface area contributed by atoms with Crippen molar-refractivity contribution in [1.82, 2.24) is 20.2 Å². The van der Waals surface area contributed by atoms with Crippen molar-refractivity contribution in [1.29, 1.82) is 0 Å². The van der Waals surface area contributed by atoms with Gasteiger partial charge in [-0.05, 0) is 26.3 Å². The monoisotopic (exact) mass is 428 g/mol. The Morgan fingerprint density at radius 3 is 2.55 bits per heavy atom. The molecule has 3 atom stereocenters. The largest absolute Gasteiger partial charge is 0.444 e. The lowest BCUT2D eigenvalue weighted by Gasteiger charge is -2.28. The summed E-state index contributed by atoms with van der Waals surface area (Å²) in [7, 11) is 0. The summed E-state index contributed by atoms with van der Waals surface area (Å²) in [5.74, 6) is -0.459. The van der Waals surface area contributed by atoms with Crippen LogP contribution in [-0.2, 0) is 9.53 Å². The van der Waals surface area contributed by atoms with Gasteiger partial charge in [-0.25, -0.2) is 4.79 Å². The van der Waals surface area contributed by atoms with E-state index >= 15 is 0 Å². The van der Waals surface area contributed by atoms with Crippen LogP contribution >= 0.6 is 0 Å². The van der Waals surface area contributed by atoms with E-state index in [9.17, 15) is 19.8 Å². The van der Waals surface area contributed by atoms with Gasteiger partial charge < -0.3 is 20.3 Å².